The van der Waals surface area contributed by atoms with E-state index in [2.05, 4.69) is 20.8 Å². The molecule has 58 heavy (non-hydrogen) atoms. The Morgan fingerprint density at radius 3 is 0.328 bits per heavy atom. The lowest BCUT2D eigenvalue weighted by molar-refractivity contribution is -0.368. The molecule has 0 saturated heterocycles. The third-order valence-electron chi connectivity index (χ3n) is 12.0. The first-order chi connectivity index (χ1) is 28.2. The van der Waals surface area contributed by atoms with E-state index in [0.717, 1.165) is 38.5 Å². The van der Waals surface area contributed by atoms with Gasteiger partial charge in [0.1, 0.15) is 0 Å². The minimum Gasteiger partial charge on any atom is -0.854 e. The Morgan fingerprint density at radius 1 is 0.155 bits per heavy atom. The maximum absolute atomic E-state index is 10.3. The maximum atomic E-state index is 10.3. The summed E-state index contributed by atoms with van der Waals surface area (Å²) in [5, 5.41) is 30.8. The number of hydrogen-bond donors (Lipinski definition) is 0. The van der Waals surface area contributed by atoms with E-state index in [0.29, 0.717) is 0 Å². The molecule has 0 saturated carbocycles. The quantitative estimate of drug-likeness (QED) is 0.0453. The molecule has 0 aliphatic rings. The number of hydrogen-bond acceptors (Lipinski definition) is 3. The first-order valence-electron chi connectivity index (χ1n) is 27.0. The summed E-state index contributed by atoms with van der Waals surface area (Å²) in [5.74, 6) is 0. The molecule has 0 aliphatic heterocycles. The van der Waals surface area contributed by atoms with Crippen LogP contribution in [-0.2, 0) is 0 Å². The molecule has 0 N–H and O–H groups in total. The Bertz CT molecular complexity index is 474. The highest BCUT2D eigenvalue weighted by Crippen LogP contribution is 2.16. The molecule has 0 bridgehead atoms. The van der Waals surface area contributed by atoms with E-state index in [9.17, 15) is 15.3 Å². The van der Waals surface area contributed by atoms with Gasteiger partial charge in [-0.15, -0.1) is 19.8 Å². The van der Waals surface area contributed by atoms with Gasteiger partial charge in [0.05, 0.1) is 0 Å². The second-order valence-electron chi connectivity index (χ2n) is 18.0. The van der Waals surface area contributed by atoms with Crippen LogP contribution in [0.3, 0.4) is 0 Å². The molecular formula is C54H111AlO3-3. The fraction of sp³-hybridized carbons (Fsp3) is 1.00. The molecule has 0 aromatic rings. The third kappa shape index (κ3) is 73.9. The van der Waals surface area contributed by atoms with Crippen molar-refractivity contribution in [3.63, 3.8) is 0 Å². The van der Waals surface area contributed by atoms with Gasteiger partial charge in [0.15, 0.2) is 0 Å². The molecule has 4 heteroatoms. The van der Waals surface area contributed by atoms with E-state index >= 15 is 0 Å². The van der Waals surface area contributed by atoms with Crippen molar-refractivity contribution in [2.75, 3.05) is 19.8 Å². The third-order valence-corrected chi connectivity index (χ3v) is 12.0. The van der Waals surface area contributed by atoms with Crippen molar-refractivity contribution in [2.45, 2.75) is 329 Å². The monoisotopic (exact) mass is 835 g/mol. The van der Waals surface area contributed by atoms with E-state index in [1.54, 1.807) is 0 Å². The normalized spacial score (nSPS) is 10.9. The molecular weight excluding hydrogens is 724 g/mol. The minimum atomic E-state index is 0. The second-order valence-corrected chi connectivity index (χ2v) is 18.0. The van der Waals surface area contributed by atoms with Crippen molar-refractivity contribution in [1.29, 1.82) is 0 Å². The van der Waals surface area contributed by atoms with Crippen molar-refractivity contribution in [2.24, 2.45) is 0 Å². The van der Waals surface area contributed by atoms with Crippen LogP contribution >= 0.6 is 0 Å². The predicted molar refractivity (Wildman–Crippen MR) is 259 cm³/mol. The lowest BCUT2D eigenvalue weighted by Crippen LogP contribution is -2.04. The van der Waals surface area contributed by atoms with Gasteiger partial charge in [0.25, 0.3) is 0 Å². The van der Waals surface area contributed by atoms with Crippen molar-refractivity contribution in [1.82, 2.24) is 0 Å². The van der Waals surface area contributed by atoms with Crippen LogP contribution in [0.5, 0.6) is 0 Å². The van der Waals surface area contributed by atoms with Crippen molar-refractivity contribution in [3.05, 3.63) is 0 Å². The van der Waals surface area contributed by atoms with Gasteiger partial charge in [0, 0.05) is 17.4 Å². The molecule has 351 valence electrons. The van der Waals surface area contributed by atoms with Gasteiger partial charge in [-0.1, -0.05) is 329 Å². The van der Waals surface area contributed by atoms with E-state index < -0.39 is 0 Å². The van der Waals surface area contributed by atoms with Crippen LogP contribution in [0.4, 0.5) is 0 Å². The first kappa shape index (κ1) is 65.0. The Morgan fingerprint density at radius 2 is 0.241 bits per heavy atom. The van der Waals surface area contributed by atoms with E-state index in [4.69, 9.17) is 0 Å². The SMILES string of the molecule is CCCCCCCCCCCCCCCCCC[O-].CCCCCCCCCCCCCCCCCC[O-].CCCCCCCCCCCCCCCCCC[O-].[Al]. The molecule has 0 atom stereocenters. The van der Waals surface area contributed by atoms with Crippen LogP contribution in [0.1, 0.15) is 329 Å². The fourth-order valence-electron chi connectivity index (χ4n) is 7.95. The van der Waals surface area contributed by atoms with Gasteiger partial charge < -0.3 is 15.3 Å². The summed E-state index contributed by atoms with van der Waals surface area (Å²) < 4.78 is 0. The van der Waals surface area contributed by atoms with Crippen molar-refractivity contribution in [3.8, 4) is 0 Å². The van der Waals surface area contributed by atoms with Gasteiger partial charge in [-0.25, -0.2) is 0 Å². The molecule has 0 aromatic carbocycles. The minimum absolute atomic E-state index is 0. The van der Waals surface area contributed by atoms with Crippen molar-refractivity contribution >= 4 is 17.4 Å². The predicted octanol–water partition coefficient (Wildman–Crippen LogP) is 16.4. The summed E-state index contributed by atoms with van der Waals surface area (Å²) in [4.78, 5) is 0. The summed E-state index contributed by atoms with van der Waals surface area (Å²) in [6.07, 6.45) is 65.5. The van der Waals surface area contributed by atoms with Gasteiger partial charge in [0.2, 0.25) is 0 Å². The van der Waals surface area contributed by atoms with Gasteiger partial charge in [-0.05, 0) is 0 Å². The first-order valence-corrected chi connectivity index (χ1v) is 27.0. The molecule has 0 fully saturated rings. The lowest BCUT2D eigenvalue weighted by atomic mass is 10.0. The van der Waals surface area contributed by atoms with Crippen LogP contribution in [0.2, 0.25) is 0 Å². The maximum Gasteiger partial charge on any atom is 0 e. The fourth-order valence-corrected chi connectivity index (χ4v) is 7.95. The van der Waals surface area contributed by atoms with Crippen LogP contribution in [0.15, 0.2) is 0 Å². The molecule has 0 amide bonds. The molecule has 0 unspecified atom stereocenters. The highest BCUT2D eigenvalue weighted by Gasteiger charge is 1.97. The molecule has 3 radical (unpaired) electrons. The molecule has 0 spiro atoms. The summed E-state index contributed by atoms with van der Waals surface area (Å²) in [5.41, 5.74) is 0. The average molecular weight is 835 g/mol. The largest absolute Gasteiger partial charge is 0.854 e. The van der Waals surface area contributed by atoms with Gasteiger partial charge in [-0.3, -0.25) is 0 Å². The Hall–Kier alpha value is 0.412. The van der Waals surface area contributed by atoms with Crippen LogP contribution in [-0.4, -0.2) is 37.2 Å². The number of rotatable bonds is 48. The molecule has 0 aromatic heterocycles. The highest BCUT2D eigenvalue weighted by atomic mass is 27.0. The van der Waals surface area contributed by atoms with E-state index in [1.165, 1.54) is 270 Å². The molecule has 0 heterocycles. The van der Waals surface area contributed by atoms with E-state index in [1.807, 2.05) is 0 Å². The molecule has 0 rings (SSSR count). The zero-order valence-electron chi connectivity index (χ0n) is 40.9. The smallest absolute Gasteiger partial charge is 0 e. The topological polar surface area (TPSA) is 69.2 Å². The van der Waals surface area contributed by atoms with Crippen LogP contribution < -0.4 is 15.3 Å². The zero-order chi connectivity index (χ0) is 42.1. The molecule has 0 aliphatic carbocycles. The summed E-state index contributed by atoms with van der Waals surface area (Å²) in [6.45, 7) is 7.22. The Balaban J connectivity index is -0.000000374. The Labute approximate surface area is 379 Å². The van der Waals surface area contributed by atoms with E-state index in [-0.39, 0.29) is 37.2 Å². The number of unbranched alkanes of at least 4 members (excludes halogenated alkanes) is 45. The summed E-state index contributed by atoms with van der Waals surface area (Å²) in [6, 6.07) is 0. The standard InChI is InChI=1S/3C18H37O.Al/c3*1-2-3-4-5-6-7-8-9-10-11-12-13-14-15-16-17-18-19;/h3*2-18H2,1H3;/q3*-1;. The highest BCUT2D eigenvalue weighted by molar-refractivity contribution is 5.75. The van der Waals surface area contributed by atoms with Gasteiger partial charge in [-0.2, -0.15) is 0 Å². The van der Waals surface area contributed by atoms with Crippen LogP contribution in [0, 0.1) is 0 Å². The lowest BCUT2D eigenvalue weighted by Gasteiger charge is -2.04. The summed E-state index contributed by atoms with van der Waals surface area (Å²) in [7, 11) is 0. The Kier molecular flexibility index (Phi) is 77.5. The van der Waals surface area contributed by atoms with Crippen LogP contribution in [0.25, 0.3) is 0 Å². The van der Waals surface area contributed by atoms with Gasteiger partial charge >= 0.3 is 0 Å². The molecule has 3 nitrogen and oxygen atoms in total. The average Bonchev–Trinajstić information content (AvgIpc) is 3.23. The van der Waals surface area contributed by atoms with Crippen molar-refractivity contribution < 1.29 is 15.3 Å². The zero-order valence-corrected chi connectivity index (χ0v) is 42.0. The second kappa shape index (κ2) is 69.1. The summed E-state index contributed by atoms with van der Waals surface area (Å²) >= 11 is 0.